The molecule has 0 spiro atoms. The van der Waals surface area contributed by atoms with Crippen LogP contribution in [0.15, 0.2) is 29.8 Å². The van der Waals surface area contributed by atoms with Gasteiger partial charge in [0.15, 0.2) is 0 Å². The fourth-order valence-corrected chi connectivity index (χ4v) is 2.81. The molecule has 2 rings (SSSR count). The van der Waals surface area contributed by atoms with E-state index in [4.69, 9.17) is 5.73 Å². The first-order valence-corrected chi connectivity index (χ1v) is 9.01. The number of nitrogens with two attached hydrogens (primary N) is 1. The van der Waals surface area contributed by atoms with Crippen molar-refractivity contribution in [3.63, 3.8) is 0 Å². The van der Waals surface area contributed by atoms with E-state index < -0.39 is 6.04 Å². The molecule has 0 aliphatic carbocycles. The predicted molar refractivity (Wildman–Crippen MR) is 112 cm³/mol. The van der Waals surface area contributed by atoms with Gasteiger partial charge in [-0.2, -0.15) is 0 Å². The first kappa shape index (κ1) is 25.3. The lowest BCUT2D eigenvalue weighted by Crippen LogP contribution is -2.47. The SMILES string of the molecule is CC(C)[C@H](N)C(=O)NCC(=O)NCCc1nc(-c2ccccn2)cs1.Cl.Cl. The van der Waals surface area contributed by atoms with Crippen molar-refractivity contribution < 1.29 is 9.59 Å². The van der Waals surface area contributed by atoms with Crippen molar-refractivity contribution in [1.82, 2.24) is 20.6 Å². The third kappa shape index (κ3) is 8.21. The van der Waals surface area contributed by atoms with E-state index in [9.17, 15) is 9.59 Å². The lowest BCUT2D eigenvalue weighted by atomic mass is 10.1. The Balaban J connectivity index is 0.00000338. The molecule has 2 aromatic rings. The second kappa shape index (κ2) is 12.6. The molecule has 0 aromatic carbocycles. The normalized spacial score (nSPS) is 11.1. The summed E-state index contributed by atoms with van der Waals surface area (Å²) in [5.41, 5.74) is 7.38. The fourth-order valence-electron chi connectivity index (χ4n) is 2.02. The van der Waals surface area contributed by atoms with E-state index in [0.29, 0.717) is 13.0 Å². The number of carbonyl (C=O) groups excluding carboxylic acids is 2. The molecule has 2 aromatic heterocycles. The van der Waals surface area contributed by atoms with Crippen LogP contribution in [0.2, 0.25) is 0 Å². The zero-order chi connectivity index (χ0) is 18.2. The molecule has 4 N–H and O–H groups in total. The summed E-state index contributed by atoms with van der Waals surface area (Å²) in [7, 11) is 0. The van der Waals surface area contributed by atoms with Gasteiger partial charge in [-0.15, -0.1) is 36.2 Å². The van der Waals surface area contributed by atoms with E-state index >= 15 is 0 Å². The summed E-state index contributed by atoms with van der Waals surface area (Å²) in [5, 5.41) is 8.18. The maximum absolute atomic E-state index is 11.8. The number of nitrogens with zero attached hydrogens (tertiary/aromatic N) is 2. The van der Waals surface area contributed by atoms with E-state index in [1.54, 1.807) is 6.20 Å². The van der Waals surface area contributed by atoms with Crippen LogP contribution >= 0.6 is 36.2 Å². The van der Waals surface area contributed by atoms with Crippen molar-refractivity contribution >= 4 is 48.0 Å². The molecule has 0 aliphatic rings. The van der Waals surface area contributed by atoms with Crippen molar-refractivity contribution in [2.75, 3.05) is 13.1 Å². The highest BCUT2D eigenvalue weighted by Gasteiger charge is 2.17. The lowest BCUT2D eigenvalue weighted by molar-refractivity contribution is -0.127. The molecule has 0 unspecified atom stereocenters. The van der Waals surface area contributed by atoms with Gasteiger partial charge in [0, 0.05) is 24.5 Å². The molecule has 0 radical (unpaired) electrons. The predicted octanol–water partition coefficient (Wildman–Crippen LogP) is 1.81. The standard InChI is InChI=1S/C17H23N5O2S.2ClH/c1-11(2)16(18)17(24)21-9-14(23)20-8-6-15-22-13(10-25-15)12-5-3-4-7-19-12;;/h3-5,7,10-11,16H,6,8-9,18H2,1-2H3,(H,20,23)(H,21,24);2*1H/t16-;;/m0../s1. The van der Waals surface area contributed by atoms with Crippen LogP contribution in [-0.4, -0.2) is 40.9 Å². The van der Waals surface area contributed by atoms with Crippen LogP contribution in [0.1, 0.15) is 18.9 Å². The van der Waals surface area contributed by atoms with Gasteiger partial charge < -0.3 is 16.4 Å². The minimum absolute atomic E-state index is 0. The highest BCUT2D eigenvalue weighted by atomic mass is 35.5. The maximum Gasteiger partial charge on any atom is 0.239 e. The minimum Gasteiger partial charge on any atom is -0.354 e. The average Bonchev–Trinajstić information content (AvgIpc) is 3.08. The Morgan fingerprint density at radius 2 is 1.93 bits per heavy atom. The molecule has 0 bridgehead atoms. The number of thiazole rings is 1. The lowest BCUT2D eigenvalue weighted by Gasteiger charge is -2.15. The maximum atomic E-state index is 11.8. The topological polar surface area (TPSA) is 110 Å². The number of halogens is 2. The Morgan fingerprint density at radius 1 is 1.19 bits per heavy atom. The van der Waals surface area contributed by atoms with Gasteiger partial charge in [-0.1, -0.05) is 19.9 Å². The van der Waals surface area contributed by atoms with Gasteiger partial charge in [0.25, 0.3) is 0 Å². The molecule has 1 atom stereocenters. The summed E-state index contributed by atoms with van der Waals surface area (Å²) in [5.74, 6) is -0.530. The van der Waals surface area contributed by atoms with Gasteiger partial charge in [0.2, 0.25) is 11.8 Å². The van der Waals surface area contributed by atoms with Crippen LogP contribution in [0.3, 0.4) is 0 Å². The van der Waals surface area contributed by atoms with Gasteiger partial charge in [0.1, 0.15) is 0 Å². The average molecular weight is 434 g/mol. The Labute approximate surface area is 175 Å². The van der Waals surface area contributed by atoms with E-state index in [2.05, 4.69) is 20.6 Å². The van der Waals surface area contributed by atoms with E-state index in [1.807, 2.05) is 37.4 Å². The monoisotopic (exact) mass is 433 g/mol. The summed E-state index contributed by atoms with van der Waals surface area (Å²) < 4.78 is 0. The first-order valence-electron chi connectivity index (χ1n) is 8.13. The summed E-state index contributed by atoms with van der Waals surface area (Å²) in [6.45, 7) is 4.10. The second-order valence-corrected chi connectivity index (χ2v) is 6.87. The zero-order valence-corrected chi connectivity index (χ0v) is 17.6. The van der Waals surface area contributed by atoms with E-state index in [0.717, 1.165) is 16.4 Å². The van der Waals surface area contributed by atoms with Crippen LogP contribution in [0.5, 0.6) is 0 Å². The number of amides is 2. The third-order valence-corrected chi connectivity index (χ3v) is 4.49. The molecule has 0 saturated heterocycles. The molecular weight excluding hydrogens is 409 g/mol. The van der Waals surface area contributed by atoms with E-state index in [1.165, 1.54) is 11.3 Å². The number of hydrogen-bond donors (Lipinski definition) is 3. The van der Waals surface area contributed by atoms with Crippen LogP contribution in [0.25, 0.3) is 11.4 Å². The molecule has 0 aliphatic heterocycles. The van der Waals surface area contributed by atoms with Crippen LogP contribution in [0, 0.1) is 5.92 Å². The Hall–Kier alpha value is -1.74. The summed E-state index contributed by atoms with van der Waals surface area (Å²) >= 11 is 1.53. The number of carbonyl (C=O) groups is 2. The molecule has 0 saturated carbocycles. The summed E-state index contributed by atoms with van der Waals surface area (Å²) in [6, 6.07) is 5.08. The smallest absolute Gasteiger partial charge is 0.239 e. The Morgan fingerprint density at radius 3 is 2.56 bits per heavy atom. The number of nitrogens with one attached hydrogen (secondary N) is 2. The minimum atomic E-state index is -0.604. The molecule has 0 fully saturated rings. The molecule has 7 nitrogen and oxygen atoms in total. The van der Waals surface area contributed by atoms with Gasteiger partial charge in [-0.05, 0) is 18.1 Å². The van der Waals surface area contributed by atoms with Gasteiger partial charge in [0.05, 0.1) is 29.0 Å². The highest BCUT2D eigenvalue weighted by Crippen LogP contribution is 2.19. The molecule has 27 heavy (non-hydrogen) atoms. The van der Waals surface area contributed by atoms with Gasteiger partial charge >= 0.3 is 0 Å². The van der Waals surface area contributed by atoms with Crippen LogP contribution in [0.4, 0.5) is 0 Å². The zero-order valence-electron chi connectivity index (χ0n) is 15.2. The molecule has 2 heterocycles. The molecular formula is C17H25Cl2N5O2S. The number of pyridine rings is 1. The molecule has 150 valence electrons. The van der Waals surface area contributed by atoms with Crippen molar-refractivity contribution in [2.45, 2.75) is 26.3 Å². The molecule has 2 amide bonds. The molecule has 10 heteroatoms. The third-order valence-electron chi connectivity index (χ3n) is 3.58. The first-order chi connectivity index (χ1) is 12.0. The highest BCUT2D eigenvalue weighted by molar-refractivity contribution is 7.09. The Bertz CT molecular complexity index is 712. The van der Waals surface area contributed by atoms with Crippen molar-refractivity contribution in [3.05, 3.63) is 34.8 Å². The number of aromatic nitrogens is 2. The van der Waals surface area contributed by atoms with E-state index in [-0.39, 0.29) is 49.1 Å². The van der Waals surface area contributed by atoms with Gasteiger partial charge in [-0.3, -0.25) is 14.6 Å². The summed E-state index contributed by atoms with van der Waals surface area (Å²) in [4.78, 5) is 32.2. The van der Waals surface area contributed by atoms with Crippen molar-refractivity contribution in [3.8, 4) is 11.4 Å². The van der Waals surface area contributed by atoms with Crippen molar-refractivity contribution in [1.29, 1.82) is 0 Å². The summed E-state index contributed by atoms with van der Waals surface area (Å²) in [6.07, 6.45) is 2.36. The van der Waals surface area contributed by atoms with Crippen LogP contribution < -0.4 is 16.4 Å². The number of rotatable bonds is 8. The quantitative estimate of drug-likeness (QED) is 0.587. The second-order valence-electron chi connectivity index (χ2n) is 5.93. The van der Waals surface area contributed by atoms with Crippen LogP contribution in [-0.2, 0) is 16.0 Å². The Kier molecular flexibility index (Phi) is 11.8. The largest absolute Gasteiger partial charge is 0.354 e. The van der Waals surface area contributed by atoms with Gasteiger partial charge in [-0.25, -0.2) is 4.98 Å². The van der Waals surface area contributed by atoms with Crippen molar-refractivity contribution in [2.24, 2.45) is 11.7 Å². The fraction of sp³-hybridized carbons (Fsp3) is 0.412. The number of hydrogen-bond acceptors (Lipinski definition) is 6.